The Hall–Kier alpha value is -0.0400. The molecule has 0 spiro atoms. The molecule has 6 atom stereocenters. The first-order valence-electron chi connectivity index (χ1n) is 10.4. The highest BCUT2D eigenvalue weighted by molar-refractivity contribution is 4.92. The summed E-state index contributed by atoms with van der Waals surface area (Å²) in [6, 6.07) is 2.73. The summed E-state index contributed by atoms with van der Waals surface area (Å²) in [7, 11) is 0. The van der Waals surface area contributed by atoms with Gasteiger partial charge in [-0.25, -0.2) is 0 Å². The molecule has 0 N–H and O–H groups in total. The number of nitrogens with zero attached hydrogens (tertiary/aromatic N) is 1. The van der Waals surface area contributed by atoms with E-state index in [1.54, 1.807) is 0 Å². The molecular weight excluding hydrogens is 266 g/mol. The minimum Gasteiger partial charge on any atom is -0.294 e. The van der Waals surface area contributed by atoms with Crippen LogP contribution >= 0.6 is 0 Å². The molecule has 1 heteroatoms. The van der Waals surface area contributed by atoms with Gasteiger partial charge in [0.05, 0.1) is 0 Å². The molecule has 0 bridgehead atoms. The minimum absolute atomic E-state index is 0.911. The van der Waals surface area contributed by atoms with Crippen molar-refractivity contribution in [3.8, 4) is 0 Å². The summed E-state index contributed by atoms with van der Waals surface area (Å²) in [6.45, 7) is 7.49. The average molecular weight is 306 g/mol. The standard InChI is InChI=1S/C21H39N/c1-16-7-4-10-19(13-16)22(20-11-5-8-17(2)14-20)21-12-6-9-18(3)15-21/h16-21H,4-15H2,1-3H3. The van der Waals surface area contributed by atoms with Gasteiger partial charge in [-0.15, -0.1) is 0 Å². The molecule has 0 aromatic heterocycles. The zero-order valence-electron chi connectivity index (χ0n) is 15.4. The predicted octanol–water partition coefficient (Wildman–Crippen LogP) is 6.02. The summed E-state index contributed by atoms with van der Waals surface area (Å²) in [5, 5.41) is 0. The molecule has 1 nitrogen and oxygen atoms in total. The molecule has 0 aromatic rings. The Bertz CT molecular complexity index is 286. The molecule has 6 unspecified atom stereocenters. The minimum atomic E-state index is 0.911. The van der Waals surface area contributed by atoms with Gasteiger partial charge in [-0.1, -0.05) is 59.3 Å². The van der Waals surface area contributed by atoms with Gasteiger partial charge in [-0.05, 0) is 56.3 Å². The maximum Gasteiger partial charge on any atom is 0.0104 e. The molecule has 128 valence electrons. The Balaban J connectivity index is 1.74. The lowest BCUT2D eigenvalue weighted by Crippen LogP contribution is -2.53. The van der Waals surface area contributed by atoms with Crippen molar-refractivity contribution >= 4 is 0 Å². The molecule has 0 amide bonds. The Morgan fingerprint density at radius 3 is 1.09 bits per heavy atom. The Morgan fingerprint density at radius 1 is 0.500 bits per heavy atom. The van der Waals surface area contributed by atoms with Crippen LogP contribution in [0.3, 0.4) is 0 Å². The molecule has 0 aromatic carbocycles. The summed E-state index contributed by atoms with van der Waals surface area (Å²) in [5.74, 6) is 2.88. The SMILES string of the molecule is CC1CCCC(N(C2CCCC(C)C2)C2CCCC(C)C2)C1. The highest BCUT2D eigenvalue weighted by atomic mass is 15.2. The van der Waals surface area contributed by atoms with Crippen LogP contribution in [0.15, 0.2) is 0 Å². The monoisotopic (exact) mass is 305 g/mol. The van der Waals surface area contributed by atoms with Crippen molar-refractivity contribution in [1.29, 1.82) is 0 Å². The molecule has 3 aliphatic carbocycles. The first kappa shape index (κ1) is 16.8. The second-order valence-corrected chi connectivity index (χ2v) is 9.22. The van der Waals surface area contributed by atoms with Crippen molar-refractivity contribution in [2.24, 2.45) is 17.8 Å². The molecule has 0 radical (unpaired) electrons. The van der Waals surface area contributed by atoms with Crippen molar-refractivity contribution in [3.63, 3.8) is 0 Å². The van der Waals surface area contributed by atoms with E-state index in [1.165, 1.54) is 77.0 Å². The second kappa shape index (κ2) is 7.69. The second-order valence-electron chi connectivity index (χ2n) is 9.22. The number of hydrogen-bond donors (Lipinski definition) is 0. The lowest BCUT2D eigenvalue weighted by atomic mass is 9.78. The molecule has 22 heavy (non-hydrogen) atoms. The highest BCUT2D eigenvalue weighted by Gasteiger charge is 2.37. The topological polar surface area (TPSA) is 3.24 Å². The van der Waals surface area contributed by atoms with E-state index in [0.717, 1.165) is 35.9 Å². The predicted molar refractivity (Wildman–Crippen MR) is 96.1 cm³/mol. The Morgan fingerprint density at radius 2 is 0.818 bits per heavy atom. The maximum absolute atomic E-state index is 3.11. The van der Waals surface area contributed by atoms with Crippen molar-refractivity contribution in [3.05, 3.63) is 0 Å². The van der Waals surface area contributed by atoms with Gasteiger partial charge in [0.1, 0.15) is 0 Å². The lowest BCUT2D eigenvalue weighted by Gasteiger charge is -2.49. The molecule has 0 heterocycles. The fraction of sp³-hybridized carbons (Fsp3) is 1.00. The molecule has 3 fully saturated rings. The van der Waals surface area contributed by atoms with Gasteiger partial charge in [-0.3, -0.25) is 4.90 Å². The maximum atomic E-state index is 3.11. The van der Waals surface area contributed by atoms with E-state index in [2.05, 4.69) is 25.7 Å². The average Bonchev–Trinajstić information content (AvgIpc) is 2.48. The van der Waals surface area contributed by atoms with E-state index < -0.39 is 0 Å². The van der Waals surface area contributed by atoms with Gasteiger partial charge >= 0.3 is 0 Å². The van der Waals surface area contributed by atoms with Gasteiger partial charge in [0.15, 0.2) is 0 Å². The smallest absolute Gasteiger partial charge is 0.0104 e. The molecule has 0 aliphatic heterocycles. The first-order chi connectivity index (χ1) is 10.6. The van der Waals surface area contributed by atoms with Gasteiger partial charge in [-0.2, -0.15) is 0 Å². The van der Waals surface area contributed by atoms with E-state index in [4.69, 9.17) is 0 Å². The van der Waals surface area contributed by atoms with Crippen LogP contribution in [0.1, 0.15) is 97.8 Å². The third-order valence-corrected chi connectivity index (χ3v) is 6.99. The van der Waals surface area contributed by atoms with E-state index in [1.807, 2.05) is 0 Å². The van der Waals surface area contributed by atoms with Crippen LogP contribution in [0.4, 0.5) is 0 Å². The zero-order chi connectivity index (χ0) is 15.5. The third-order valence-electron chi connectivity index (χ3n) is 6.99. The van der Waals surface area contributed by atoms with Crippen LogP contribution in [0.5, 0.6) is 0 Å². The van der Waals surface area contributed by atoms with Crippen LogP contribution in [0.2, 0.25) is 0 Å². The van der Waals surface area contributed by atoms with Crippen LogP contribution in [-0.2, 0) is 0 Å². The summed E-state index contributed by atoms with van der Waals surface area (Å²) in [4.78, 5) is 3.11. The first-order valence-corrected chi connectivity index (χ1v) is 10.4. The van der Waals surface area contributed by atoms with Gasteiger partial charge in [0, 0.05) is 18.1 Å². The van der Waals surface area contributed by atoms with Crippen LogP contribution in [0.25, 0.3) is 0 Å². The van der Waals surface area contributed by atoms with E-state index in [-0.39, 0.29) is 0 Å². The fourth-order valence-electron chi connectivity index (χ4n) is 5.91. The van der Waals surface area contributed by atoms with Gasteiger partial charge in [0.2, 0.25) is 0 Å². The summed E-state index contributed by atoms with van der Waals surface area (Å²) < 4.78 is 0. The Kier molecular flexibility index (Phi) is 5.87. The van der Waals surface area contributed by atoms with Crippen LogP contribution in [-0.4, -0.2) is 23.0 Å². The largest absolute Gasteiger partial charge is 0.294 e. The van der Waals surface area contributed by atoms with E-state index >= 15 is 0 Å². The summed E-state index contributed by atoms with van der Waals surface area (Å²) in [6.07, 6.45) is 17.8. The lowest BCUT2D eigenvalue weighted by molar-refractivity contribution is -0.000636. The normalized spacial score (nSPS) is 44.2. The van der Waals surface area contributed by atoms with Crippen molar-refractivity contribution in [2.45, 2.75) is 116 Å². The summed E-state index contributed by atoms with van der Waals surface area (Å²) in [5.41, 5.74) is 0. The number of hydrogen-bond acceptors (Lipinski definition) is 1. The van der Waals surface area contributed by atoms with Crippen molar-refractivity contribution < 1.29 is 0 Å². The molecule has 0 saturated heterocycles. The fourth-order valence-corrected chi connectivity index (χ4v) is 5.91. The molecule has 3 rings (SSSR count). The van der Waals surface area contributed by atoms with Gasteiger partial charge < -0.3 is 0 Å². The van der Waals surface area contributed by atoms with Crippen LogP contribution in [0, 0.1) is 17.8 Å². The number of rotatable bonds is 3. The molecular formula is C21H39N. The Labute approximate surface area is 139 Å². The quantitative estimate of drug-likeness (QED) is 0.616. The van der Waals surface area contributed by atoms with Crippen LogP contribution < -0.4 is 0 Å². The van der Waals surface area contributed by atoms with E-state index in [0.29, 0.717) is 0 Å². The summed E-state index contributed by atoms with van der Waals surface area (Å²) >= 11 is 0. The van der Waals surface area contributed by atoms with Crippen molar-refractivity contribution in [2.75, 3.05) is 0 Å². The molecule has 3 aliphatic rings. The van der Waals surface area contributed by atoms with Gasteiger partial charge in [0.25, 0.3) is 0 Å². The zero-order valence-corrected chi connectivity index (χ0v) is 15.4. The molecule has 3 saturated carbocycles. The van der Waals surface area contributed by atoms with E-state index in [9.17, 15) is 0 Å². The van der Waals surface area contributed by atoms with Crippen molar-refractivity contribution in [1.82, 2.24) is 4.90 Å². The third kappa shape index (κ3) is 4.08. The highest BCUT2D eigenvalue weighted by Crippen LogP contribution is 2.39.